The van der Waals surface area contributed by atoms with Gasteiger partial charge < -0.3 is 4.90 Å². The van der Waals surface area contributed by atoms with Crippen LogP contribution in [-0.4, -0.2) is 35.2 Å². The van der Waals surface area contributed by atoms with E-state index in [4.69, 9.17) is 0 Å². The van der Waals surface area contributed by atoms with Crippen LogP contribution < -0.4 is 5.32 Å². The molecular formula is C12H14N2O3. The molecule has 0 radical (unpaired) electrons. The Balaban J connectivity index is 1.77. The molecule has 3 aliphatic rings. The zero-order chi connectivity index (χ0) is 12.0. The molecule has 5 heteroatoms. The van der Waals surface area contributed by atoms with E-state index in [1.54, 1.807) is 4.90 Å². The number of imide groups is 1. The van der Waals surface area contributed by atoms with E-state index in [0.29, 0.717) is 19.4 Å². The van der Waals surface area contributed by atoms with Gasteiger partial charge in [0.25, 0.3) is 5.91 Å². The van der Waals surface area contributed by atoms with Crippen LogP contribution in [0.25, 0.3) is 0 Å². The summed E-state index contributed by atoms with van der Waals surface area (Å²) in [4.78, 5) is 36.5. The van der Waals surface area contributed by atoms with Gasteiger partial charge in [-0.1, -0.05) is 0 Å². The summed E-state index contributed by atoms with van der Waals surface area (Å²) in [5, 5.41) is 2.30. The third-order valence-electron chi connectivity index (χ3n) is 3.80. The highest BCUT2D eigenvalue weighted by atomic mass is 16.2. The number of nitrogens with one attached hydrogen (secondary N) is 1. The van der Waals surface area contributed by atoms with Crippen molar-refractivity contribution in [3.05, 3.63) is 11.1 Å². The summed E-state index contributed by atoms with van der Waals surface area (Å²) in [6.45, 7) is 0.584. The molecule has 1 N–H and O–H groups in total. The van der Waals surface area contributed by atoms with Gasteiger partial charge in [-0.25, -0.2) is 0 Å². The molecule has 2 aliphatic heterocycles. The fourth-order valence-electron chi connectivity index (χ4n) is 2.92. The van der Waals surface area contributed by atoms with E-state index in [-0.39, 0.29) is 17.7 Å². The van der Waals surface area contributed by atoms with Gasteiger partial charge in [0, 0.05) is 18.5 Å². The molecule has 0 saturated carbocycles. The number of carbonyl (C=O) groups is 3. The summed E-state index contributed by atoms with van der Waals surface area (Å²) in [6.07, 6.45) is 3.66. The third-order valence-corrected chi connectivity index (χ3v) is 3.80. The lowest BCUT2D eigenvalue weighted by atomic mass is 10.0. The largest absolute Gasteiger partial charge is 0.323 e. The highest BCUT2D eigenvalue weighted by molar-refractivity contribution is 6.05. The van der Waals surface area contributed by atoms with Gasteiger partial charge in [0.1, 0.15) is 6.04 Å². The molecule has 1 fully saturated rings. The van der Waals surface area contributed by atoms with Crippen LogP contribution in [0.15, 0.2) is 11.1 Å². The van der Waals surface area contributed by atoms with E-state index in [1.807, 2.05) is 0 Å². The quantitative estimate of drug-likeness (QED) is 0.655. The third kappa shape index (κ3) is 1.57. The van der Waals surface area contributed by atoms with E-state index in [1.165, 1.54) is 5.57 Å². The highest BCUT2D eigenvalue weighted by Gasteiger charge is 2.41. The van der Waals surface area contributed by atoms with Crippen LogP contribution in [-0.2, 0) is 14.4 Å². The summed E-state index contributed by atoms with van der Waals surface area (Å²) in [6, 6.07) is -0.453. The fourth-order valence-corrected chi connectivity index (χ4v) is 2.92. The number of amides is 3. The van der Waals surface area contributed by atoms with E-state index in [0.717, 1.165) is 24.8 Å². The minimum absolute atomic E-state index is 0.00648. The van der Waals surface area contributed by atoms with Gasteiger partial charge in [-0.05, 0) is 31.3 Å². The molecule has 0 aromatic rings. The first kappa shape index (κ1) is 10.5. The monoisotopic (exact) mass is 234 g/mol. The lowest BCUT2D eigenvalue weighted by molar-refractivity contribution is -0.142. The predicted molar refractivity (Wildman–Crippen MR) is 58.8 cm³/mol. The molecule has 1 atom stereocenters. The molecule has 5 nitrogen and oxygen atoms in total. The predicted octanol–water partition coefficient (Wildman–Crippen LogP) is 0.114. The summed E-state index contributed by atoms with van der Waals surface area (Å²) in [5.41, 5.74) is 2.11. The van der Waals surface area contributed by atoms with Gasteiger partial charge in [0.05, 0.1) is 0 Å². The minimum atomic E-state index is -0.453. The van der Waals surface area contributed by atoms with E-state index < -0.39 is 6.04 Å². The topological polar surface area (TPSA) is 66.5 Å². The molecule has 1 saturated heterocycles. The Kier molecular flexibility index (Phi) is 2.28. The maximum absolute atomic E-state index is 12.1. The zero-order valence-electron chi connectivity index (χ0n) is 9.49. The molecule has 1 unspecified atom stereocenters. The average Bonchev–Trinajstić information content (AvgIpc) is 2.83. The first-order valence-corrected chi connectivity index (χ1v) is 6.02. The van der Waals surface area contributed by atoms with Gasteiger partial charge in [0.2, 0.25) is 11.8 Å². The Morgan fingerprint density at radius 2 is 1.94 bits per heavy atom. The second-order valence-electron chi connectivity index (χ2n) is 4.84. The van der Waals surface area contributed by atoms with Crippen LogP contribution in [0.5, 0.6) is 0 Å². The Bertz CT molecular complexity index is 453. The minimum Gasteiger partial charge on any atom is -0.323 e. The number of nitrogens with zero attached hydrogens (tertiary/aromatic N) is 1. The second-order valence-corrected chi connectivity index (χ2v) is 4.84. The number of piperidine rings is 1. The molecule has 3 amide bonds. The molecule has 0 spiro atoms. The van der Waals surface area contributed by atoms with E-state index in [9.17, 15) is 14.4 Å². The fraction of sp³-hybridized carbons (Fsp3) is 0.583. The smallest absolute Gasteiger partial charge is 0.250 e. The summed E-state index contributed by atoms with van der Waals surface area (Å²) in [5.74, 6) is -0.554. The van der Waals surface area contributed by atoms with Gasteiger partial charge in [-0.2, -0.15) is 0 Å². The first-order valence-electron chi connectivity index (χ1n) is 6.02. The second kappa shape index (κ2) is 3.68. The Morgan fingerprint density at radius 3 is 2.65 bits per heavy atom. The first-order chi connectivity index (χ1) is 8.16. The molecule has 90 valence electrons. The number of carbonyl (C=O) groups excluding carboxylic acids is 3. The van der Waals surface area contributed by atoms with Crippen molar-refractivity contribution in [3.63, 3.8) is 0 Å². The zero-order valence-corrected chi connectivity index (χ0v) is 9.49. The lowest BCUT2D eigenvalue weighted by Gasteiger charge is -2.30. The molecule has 1 aliphatic carbocycles. The van der Waals surface area contributed by atoms with Gasteiger partial charge in [-0.3, -0.25) is 19.7 Å². The van der Waals surface area contributed by atoms with Crippen molar-refractivity contribution in [1.29, 1.82) is 0 Å². The lowest BCUT2D eigenvalue weighted by Crippen LogP contribution is -2.53. The van der Waals surface area contributed by atoms with Crippen molar-refractivity contribution in [3.8, 4) is 0 Å². The van der Waals surface area contributed by atoms with Crippen molar-refractivity contribution in [2.75, 3.05) is 6.54 Å². The Hall–Kier alpha value is -1.65. The van der Waals surface area contributed by atoms with Gasteiger partial charge in [0.15, 0.2) is 0 Å². The standard InChI is InChI=1S/C12H14N2O3/c15-10-5-4-9(11(16)13-10)14-6-7-2-1-3-8(7)12(14)17/h9H,1-6H2,(H,13,15,16). The molecule has 0 bridgehead atoms. The van der Waals surface area contributed by atoms with Crippen molar-refractivity contribution >= 4 is 17.7 Å². The number of hydrogen-bond acceptors (Lipinski definition) is 3. The molecule has 17 heavy (non-hydrogen) atoms. The van der Waals surface area contributed by atoms with Gasteiger partial charge >= 0.3 is 0 Å². The van der Waals surface area contributed by atoms with Crippen molar-refractivity contribution in [2.45, 2.75) is 38.1 Å². The number of rotatable bonds is 1. The van der Waals surface area contributed by atoms with Crippen LogP contribution in [0.3, 0.4) is 0 Å². The normalized spacial score (nSPS) is 28.8. The summed E-state index contributed by atoms with van der Waals surface area (Å²) >= 11 is 0. The number of hydrogen-bond donors (Lipinski definition) is 1. The maximum Gasteiger partial charge on any atom is 0.250 e. The van der Waals surface area contributed by atoms with Crippen LogP contribution in [0, 0.1) is 0 Å². The SMILES string of the molecule is O=C1CCC(N2CC3=C(CCC3)C2=O)C(=O)N1. The Morgan fingerprint density at radius 1 is 1.12 bits per heavy atom. The molecule has 0 aromatic carbocycles. The summed E-state index contributed by atoms with van der Waals surface area (Å²) in [7, 11) is 0. The van der Waals surface area contributed by atoms with Crippen molar-refractivity contribution in [1.82, 2.24) is 10.2 Å². The van der Waals surface area contributed by atoms with Crippen LogP contribution in [0.1, 0.15) is 32.1 Å². The molecular weight excluding hydrogens is 220 g/mol. The average molecular weight is 234 g/mol. The Labute approximate surface area is 98.8 Å². The van der Waals surface area contributed by atoms with Crippen molar-refractivity contribution < 1.29 is 14.4 Å². The molecule has 0 aromatic heterocycles. The van der Waals surface area contributed by atoms with E-state index in [2.05, 4.69) is 5.32 Å². The van der Waals surface area contributed by atoms with Crippen LogP contribution >= 0.6 is 0 Å². The van der Waals surface area contributed by atoms with Crippen LogP contribution in [0.2, 0.25) is 0 Å². The van der Waals surface area contributed by atoms with Crippen molar-refractivity contribution in [2.24, 2.45) is 0 Å². The highest BCUT2D eigenvalue weighted by Crippen LogP contribution is 2.35. The van der Waals surface area contributed by atoms with Crippen LogP contribution in [0.4, 0.5) is 0 Å². The van der Waals surface area contributed by atoms with E-state index >= 15 is 0 Å². The maximum atomic E-state index is 12.1. The molecule has 2 heterocycles. The number of likely N-dealkylation sites (tertiary alicyclic amines) is 1. The molecule has 3 rings (SSSR count). The summed E-state index contributed by atoms with van der Waals surface area (Å²) < 4.78 is 0. The van der Waals surface area contributed by atoms with Gasteiger partial charge in [-0.15, -0.1) is 0 Å².